The minimum atomic E-state index is -0.504. The summed E-state index contributed by atoms with van der Waals surface area (Å²) in [5.41, 5.74) is 2.76. The molecule has 0 spiro atoms. The lowest BCUT2D eigenvalue weighted by Gasteiger charge is -2.09. The van der Waals surface area contributed by atoms with Gasteiger partial charge in [-0.2, -0.15) is 0 Å². The number of thioether (sulfide) groups is 1. The first kappa shape index (κ1) is 20.7. The first-order chi connectivity index (χ1) is 14.0. The number of hydrogen-bond donors (Lipinski definition) is 1. The fraction of sp³-hybridized carbons (Fsp3) is 0.300. The molecule has 1 amide bonds. The summed E-state index contributed by atoms with van der Waals surface area (Å²) in [6, 6.07) is 9.28. The number of carbonyl (C=O) groups excluding carboxylic acids is 2. The number of amides is 1. The monoisotopic (exact) mass is 414 g/mol. The third kappa shape index (κ3) is 5.26. The van der Waals surface area contributed by atoms with Crippen LogP contribution in [0.3, 0.4) is 0 Å². The molecule has 2 aromatic heterocycles. The molecule has 0 saturated carbocycles. The van der Waals surface area contributed by atoms with Crippen molar-refractivity contribution >= 4 is 29.3 Å². The molecule has 152 valence electrons. The summed E-state index contributed by atoms with van der Waals surface area (Å²) in [6.45, 7) is 6.13. The van der Waals surface area contributed by atoms with Crippen LogP contribution in [0.15, 0.2) is 46.2 Å². The summed E-state index contributed by atoms with van der Waals surface area (Å²) >= 11 is 1.20. The summed E-state index contributed by atoms with van der Waals surface area (Å²) < 4.78 is 12.3. The van der Waals surface area contributed by atoms with E-state index in [0.717, 1.165) is 11.1 Å². The molecule has 2 heterocycles. The molecule has 0 unspecified atom stereocenters. The van der Waals surface area contributed by atoms with Crippen molar-refractivity contribution in [3.05, 3.63) is 47.7 Å². The van der Waals surface area contributed by atoms with Crippen LogP contribution in [0.5, 0.6) is 0 Å². The number of aryl methyl sites for hydroxylation is 2. The highest BCUT2D eigenvalue weighted by molar-refractivity contribution is 7.99. The van der Waals surface area contributed by atoms with Crippen LogP contribution in [0, 0.1) is 13.8 Å². The number of furan rings is 1. The van der Waals surface area contributed by atoms with E-state index in [1.54, 1.807) is 18.4 Å². The van der Waals surface area contributed by atoms with Gasteiger partial charge < -0.3 is 14.5 Å². The van der Waals surface area contributed by atoms with Crippen LogP contribution < -0.4 is 5.32 Å². The van der Waals surface area contributed by atoms with Gasteiger partial charge in [0.2, 0.25) is 0 Å². The second-order valence-electron chi connectivity index (χ2n) is 6.34. The average molecular weight is 414 g/mol. The second-order valence-corrected chi connectivity index (χ2v) is 7.29. The molecule has 3 rings (SSSR count). The highest BCUT2D eigenvalue weighted by Gasteiger charge is 2.17. The minimum absolute atomic E-state index is 0.0210. The predicted molar refractivity (Wildman–Crippen MR) is 110 cm³/mol. The smallest absolute Gasteiger partial charge is 0.316 e. The van der Waals surface area contributed by atoms with Crippen molar-refractivity contribution in [1.29, 1.82) is 0 Å². The van der Waals surface area contributed by atoms with Crippen LogP contribution in [-0.4, -0.2) is 39.0 Å². The number of nitrogens with one attached hydrogen (secondary N) is 1. The van der Waals surface area contributed by atoms with E-state index in [1.165, 1.54) is 11.8 Å². The van der Waals surface area contributed by atoms with Gasteiger partial charge in [0, 0.05) is 12.2 Å². The Morgan fingerprint density at radius 1 is 1.24 bits per heavy atom. The number of nitrogens with zero attached hydrogens (tertiary/aromatic N) is 3. The molecule has 0 atom stereocenters. The Balaban J connectivity index is 1.49. The van der Waals surface area contributed by atoms with Crippen molar-refractivity contribution in [2.45, 2.75) is 32.5 Å². The highest BCUT2D eigenvalue weighted by atomic mass is 32.2. The quantitative estimate of drug-likeness (QED) is 0.445. The Labute approximate surface area is 172 Å². The van der Waals surface area contributed by atoms with Gasteiger partial charge >= 0.3 is 5.97 Å². The van der Waals surface area contributed by atoms with Gasteiger partial charge in [0.1, 0.15) is 0 Å². The van der Waals surface area contributed by atoms with E-state index in [2.05, 4.69) is 15.5 Å². The predicted octanol–water partition coefficient (Wildman–Crippen LogP) is 3.45. The number of aromatic nitrogens is 3. The van der Waals surface area contributed by atoms with E-state index in [4.69, 9.17) is 9.15 Å². The van der Waals surface area contributed by atoms with Crippen LogP contribution in [0.4, 0.5) is 5.69 Å². The number of rotatable bonds is 8. The first-order valence-corrected chi connectivity index (χ1v) is 10.1. The van der Waals surface area contributed by atoms with Gasteiger partial charge in [0.15, 0.2) is 23.3 Å². The lowest BCUT2D eigenvalue weighted by atomic mass is 10.1. The van der Waals surface area contributed by atoms with Gasteiger partial charge in [0.05, 0.1) is 12.0 Å². The van der Waals surface area contributed by atoms with Crippen molar-refractivity contribution in [1.82, 2.24) is 14.8 Å². The molecular formula is C20H22N4O4S. The zero-order valence-corrected chi connectivity index (χ0v) is 17.3. The van der Waals surface area contributed by atoms with Gasteiger partial charge in [-0.25, -0.2) is 0 Å². The van der Waals surface area contributed by atoms with E-state index >= 15 is 0 Å². The van der Waals surface area contributed by atoms with Crippen molar-refractivity contribution < 1.29 is 18.7 Å². The molecule has 0 saturated heterocycles. The largest absolute Gasteiger partial charge is 0.461 e. The standard InChI is InChI=1S/C20H22N4O4S/c1-4-24-19(16-6-5-9-27-16)22-23-20(24)29-12-18(26)28-11-17(25)21-15-8-7-13(2)10-14(15)3/h5-10H,4,11-12H2,1-3H3,(H,21,25). The summed E-state index contributed by atoms with van der Waals surface area (Å²) in [5.74, 6) is 0.341. The number of esters is 1. The fourth-order valence-corrected chi connectivity index (χ4v) is 3.52. The zero-order chi connectivity index (χ0) is 20.8. The van der Waals surface area contributed by atoms with Gasteiger partial charge in [-0.15, -0.1) is 10.2 Å². The molecule has 3 aromatic rings. The average Bonchev–Trinajstić information content (AvgIpc) is 3.36. The van der Waals surface area contributed by atoms with E-state index in [9.17, 15) is 9.59 Å². The van der Waals surface area contributed by atoms with Gasteiger partial charge in [0.25, 0.3) is 5.91 Å². The van der Waals surface area contributed by atoms with Crippen molar-refractivity contribution in [3.8, 4) is 11.6 Å². The third-order valence-corrected chi connectivity index (χ3v) is 5.05. The number of carbonyl (C=O) groups is 2. The summed E-state index contributed by atoms with van der Waals surface area (Å²) in [7, 11) is 0. The van der Waals surface area contributed by atoms with Crippen LogP contribution >= 0.6 is 11.8 Å². The molecule has 9 heteroatoms. The third-order valence-electron chi connectivity index (χ3n) is 4.11. The van der Waals surface area contributed by atoms with Crippen molar-refractivity contribution in [2.24, 2.45) is 0 Å². The lowest BCUT2D eigenvalue weighted by molar-refractivity contribution is -0.144. The second kappa shape index (κ2) is 9.42. The zero-order valence-electron chi connectivity index (χ0n) is 16.5. The lowest BCUT2D eigenvalue weighted by Crippen LogP contribution is -2.22. The van der Waals surface area contributed by atoms with Crippen LogP contribution in [-0.2, 0) is 20.9 Å². The van der Waals surface area contributed by atoms with Crippen molar-refractivity contribution in [2.75, 3.05) is 17.7 Å². The van der Waals surface area contributed by atoms with Crippen LogP contribution in [0.2, 0.25) is 0 Å². The maximum absolute atomic E-state index is 12.0. The molecule has 29 heavy (non-hydrogen) atoms. The SMILES string of the molecule is CCn1c(SCC(=O)OCC(=O)Nc2ccc(C)cc2C)nnc1-c1ccco1. The van der Waals surface area contributed by atoms with Crippen molar-refractivity contribution in [3.63, 3.8) is 0 Å². The van der Waals surface area contributed by atoms with Gasteiger partial charge in [-0.05, 0) is 44.5 Å². The maximum Gasteiger partial charge on any atom is 0.316 e. The topological polar surface area (TPSA) is 99.2 Å². The number of hydrogen-bond acceptors (Lipinski definition) is 7. The number of benzene rings is 1. The fourth-order valence-electron chi connectivity index (χ4n) is 2.72. The van der Waals surface area contributed by atoms with E-state index in [-0.39, 0.29) is 18.3 Å². The van der Waals surface area contributed by atoms with E-state index in [0.29, 0.717) is 29.0 Å². The Hall–Kier alpha value is -3.07. The number of ether oxygens (including phenoxy) is 1. The van der Waals surface area contributed by atoms with E-state index < -0.39 is 5.97 Å². The maximum atomic E-state index is 12.0. The highest BCUT2D eigenvalue weighted by Crippen LogP contribution is 2.24. The summed E-state index contributed by atoms with van der Waals surface area (Å²) in [6.07, 6.45) is 1.57. The van der Waals surface area contributed by atoms with Gasteiger partial charge in [-0.1, -0.05) is 29.5 Å². The molecule has 0 aliphatic carbocycles. The molecule has 1 aromatic carbocycles. The molecule has 8 nitrogen and oxygen atoms in total. The Kier molecular flexibility index (Phi) is 6.71. The Morgan fingerprint density at radius 3 is 2.76 bits per heavy atom. The molecular weight excluding hydrogens is 392 g/mol. The Morgan fingerprint density at radius 2 is 2.07 bits per heavy atom. The molecule has 0 aliphatic heterocycles. The normalized spacial score (nSPS) is 10.7. The number of anilines is 1. The minimum Gasteiger partial charge on any atom is -0.461 e. The van der Waals surface area contributed by atoms with Gasteiger partial charge in [-0.3, -0.25) is 14.2 Å². The molecule has 0 bridgehead atoms. The van der Waals surface area contributed by atoms with Crippen LogP contribution in [0.25, 0.3) is 11.6 Å². The summed E-state index contributed by atoms with van der Waals surface area (Å²) in [5, 5.41) is 11.6. The summed E-state index contributed by atoms with van der Waals surface area (Å²) in [4.78, 5) is 24.1. The first-order valence-electron chi connectivity index (χ1n) is 9.10. The van der Waals surface area contributed by atoms with E-state index in [1.807, 2.05) is 43.5 Å². The Bertz CT molecular complexity index is 998. The van der Waals surface area contributed by atoms with Crippen LogP contribution in [0.1, 0.15) is 18.1 Å². The molecule has 0 radical (unpaired) electrons. The molecule has 0 aliphatic rings. The molecule has 1 N–H and O–H groups in total. The molecule has 0 fully saturated rings.